The van der Waals surface area contributed by atoms with Gasteiger partial charge in [-0.3, -0.25) is 23.9 Å². The number of carbonyl (C=O) groups excluding carboxylic acids is 2. The van der Waals surface area contributed by atoms with Crippen molar-refractivity contribution in [2.24, 2.45) is 0 Å². The van der Waals surface area contributed by atoms with Crippen LogP contribution in [0.1, 0.15) is 66.4 Å². The minimum atomic E-state index is -0.500. The molecule has 288 valence electrons. The highest BCUT2D eigenvalue weighted by Gasteiger charge is 2.34. The van der Waals surface area contributed by atoms with Crippen LogP contribution < -0.4 is 10.6 Å². The second kappa shape index (κ2) is 16.5. The van der Waals surface area contributed by atoms with Crippen LogP contribution in [0.25, 0.3) is 39.3 Å². The van der Waals surface area contributed by atoms with Gasteiger partial charge in [0.25, 0.3) is 5.91 Å². The minimum absolute atomic E-state index is 0.0647. The highest BCUT2D eigenvalue weighted by molar-refractivity contribution is 6.04. The van der Waals surface area contributed by atoms with Crippen molar-refractivity contribution in [1.29, 1.82) is 0 Å². The highest BCUT2D eigenvalue weighted by atomic mass is 16.6. The van der Waals surface area contributed by atoms with Gasteiger partial charge in [0.05, 0.1) is 6.61 Å². The molecule has 56 heavy (non-hydrogen) atoms. The van der Waals surface area contributed by atoms with Crippen LogP contribution in [0.2, 0.25) is 0 Å². The second-order valence-electron chi connectivity index (χ2n) is 15.4. The van der Waals surface area contributed by atoms with Gasteiger partial charge >= 0.3 is 5.97 Å². The van der Waals surface area contributed by atoms with Crippen LogP contribution in [0.5, 0.6) is 0 Å². The number of amides is 1. The molecule has 1 amide bonds. The lowest BCUT2D eigenvalue weighted by Gasteiger charge is -2.27. The van der Waals surface area contributed by atoms with E-state index >= 15 is 0 Å². The fourth-order valence-corrected chi connectivity index (χ4v) is 7.37. The number of rotatable bonds is 12. The summed E-state index contributed by atoms with van der Waals surface area (Å²) in [4.78, 5) is 32.6. The Labute approximate surface area is 327 Å². The van der Waals surface area contributed by atoms with E-state index in [-0.39, 0.29) is 24.5 Å². The van der Waals surface area contributed by atoms with Crippen molar-refractivity contribution < 1.29 is 19.4 Å². The normalized spacial score (nSPS) is 14.6. The Morgan fingerprint density at radius 2 is 1.61 bits per heavy atom. The SMILES string of the molecule is Cc1c(NC(=O)c2ccc(CNCCO)cn2)cccc1-c1cccc(-c2ccn3c(-c4ccc(CN5CCC[C@@H]5C(=O)OC(C)(C)C)cc4)nnc3c2)c1C. The van der Waals surface area contributed by atoms with E-state index in [2.05, 4.69) is 98.3 Å². The van der Waals surface area contributed by atoms with Gasteiger partial charge in [0, 0.05) is 43.3 Å². The number of carbonyl (C=O) groups is 2. The van der Waals surface area contributed by atoms with Gasteiger partial charge in [0.1, 0.15) is 17.3 Å². The topological polar surface area (TPSA) is 134 Å². The van der Waals surface area contributed by atoms with E-state index in [4.69, 9.17) is 9.84 Å². The van der Waals surface area contributed by atoms with Crippen LogP contribution in [-0.4, -0.2) is 72.8 Å². The molecule has 11 heteroatoms. The van der Waals surface area contributed by atoms with Crippen molar-refractivity contribution in [3.63, 3.8) is 0 Å². The number of hydrogen-bond donors (Lipinski definition) is 3. The molecule has 0 spiro atoms. The van der Waals surface area contributed by atoms with Crippen LogP contribution in [0.4, 0.5) is 5.69 Å². The van der Waals surface area contributed by atoms with E-state index in [0.29, 0.717) is 25.3 Å². The van der Waals surface area contributed by atoms with E-state index in [1.807, 2.05) is 56.5 Å². The van der Waals surface area contributed by atoms with Crippen LogP contribution in [0.3, 0.4) is 0 Å². The Bertz CT molecular complexity index is 2350. The number of ether oxygens (including phenoxy) is 1. The smallest absolute Gasteiger partial charge is 0.323 e. The fraction of sp³-hybridized carbons (Fsp3) is 0.311. The first kappa shape index (κ1) is 38.5. The van der Waals surface area contributed by atoms with Crippen molar-refractivity contribution in [2.75, 3.05) is 25.0 Å². The number of esters is 1. The number of aliphatic hydroxyl groups is 1. The molecule has 1 saturated heterocycles. The molecule has 1 aliphatic heterocycles. The molecule has 3 aromatic heterocycles. The second-order valence-corrected chi connectivity index (χ2v) is 15.4. The Morgan fingerprint density at radius 3 is 2.34 bits per heavy atom. The lowest BCUT2D eigenvalue weighted by molar-refractivity contribution is -0.160. The third-order valence-corrected chi connectivity index (χ3v) is 10.2. The van der Waals surface area contributed by atoms with Crippen LogP contribution in [-0.2, 0) is 22.6 Å². The molecular formula is C45H49N7O4. The summed E-state index contributed by atoms with van der Waals surface area (Å²) in [6, 6.07) is 28.1. The van der Waals surface area contributed by atoms with Crippen molar-refractivity contribution in [3.8, 4) is 33.6 Å². The van der Waals surface area contributed by atoms with Gasteiger partial charge in [0.2, 0.25) is 0 Å². The van der Waals surface area contributed by atoms with E-state index in [9.17, 15) is 9.59 Å². The summed E-state index contributed by atoms with van der Waals surface area (Å²) in [5, 5.41) is 24.3. The molecule has 6 aromatic rings. The molecule has 3 N–H and O–H groups in total. The number of fused-ring (bicyclic) bond motifs is 1. The Morgan fingerprint density at radius 1 is 0.875 bits per heavy atom. The highest BCUT2D eigenvalue weighted by Crippen LogP contribution is 2.36. The molecule has 0 radical (unpaired) electrons. The first-order valence-corrected chi connectivity index (χ1v) is 19.2. The number of pyridine rings is 2. The van der Waals surface area contributed by atoms with Gasteiger partial charge in [0.15, 0.2) is 11.5 Å². The maximum absolute atomic E-state index is 13.2. The van der Waals surface area contributed by atoms with Crippen LogP contribution in [0.15, 0.2) is 97.3 Å². The van der Waals surface area contributed by atoms with Gasteiger partial charge < -0.3 is 20.5 Å². The quantitative estimate of drug-likeness (QED) is 0.0865. The summed E-state index contributed by atoms with van der Waals surface area (Å²) in [7, 11) is 0. The van der Waals surface area contributed by atoms with Crippen molar-refractivity contribution in [3.05, 3.63) is 125 Å². The summed E-state index contributed by atoms with van der Waals surface area (Å²) in [6.07, 6.45) is 5.49. The standard InChI is InChI=1S/C45H49N7O4/c1-29-35(9-6-10-36(29)37-11-7-12-38(30(37)2)48-43(54)39-19-16-32(27-47-39)26-46-21-24-53)34-20-23-52-41(25-34)49-50-42(52)33-17-14-31(15-18-33)28-51-22-8-13-40(51)44(55)56-45(3,4)5/h6-7,9-12,14-20,23,25,27,40,46,53H,8,13,21-22,24,26,28H2,1-5H3,(H,48,54)/t40-/m1/s1. The maximum atomic E-state index is 13.2. The number of anilines is 1. The maximum Gasteiger partial charge on any atom is 0.323 e. The number of aromatic nitrogens is 4. The minimum Gasteiger partial charge on any atom is -0.459 e. The average molecular weight is 752 g/mol. The lowest BCUT2D eigenvalue weighted by Crippen LogP contribution is -2.40. The molecule has 0 unspecified atom stereocenters. The molecule has 0 bridgehead atoms. The Balaban J connectivity index is 1.06. The summed E-state index contributed by atoms with van der Waals surface area (Å²) in [5.74, 6) is 0.333. The molecule has 0 aliphatic carbocycles. The Kier molecular flexibility index (Phi) is 11.4. The van der Waals surface area contributed by atoms with Gasteiger partial charge in [-0.05, 0) is 123 Å². The summed E-state index contributed by atoms with van der Waals surface area (Å²) < 4.78 is 7.70. The zero-order chi connectivity index (χ0) is 39.4. The molecule has 0 saturated carbocycles. The molecule has 3 aromatic carbocycles. The monoisotopic (exact) mass is 751 g/mol. The van der Waals surface area contributed by atoms with Gasteiger partial charge in [-0.1, -0.05) is 60.7 Å². The third kappa shape index (κ3) is 8.55. The molecule has 11 nitrogen and oxygen atoms in total. The summed E-state index contributed by atoms with van der Waals surface area (Å²) >= 11 is 0. The first-order chi connectivity index (χ1) is 27.0. The zero-order valence-electron chi connectivity index (χ0n) is 32.7. The number of aliphatic hydroxyl groups excluding tert-OH is 1. The lowest BCUT2D eigenvalue weighted by atomic mass is 9.90. The number of likely N-dealkylation sites (tertiary alicyclic amines) is 1. The molecule has 7 rings (SSSR count). The van der Waals surface area contributed by atoms with Crippen molar-refractivity contribution in [1.82, 2.24) is 29.8 Å². The third-order valence-electron chi connectivity index (χ3n) is 10.2. The fourth-order valence-electron chi connectivity index (χ4n) is 7.37. The number of hydrogen-bond acceptors (Lipinski definition) is 9. The average Bonchev–Trinajstić information content (AvgIpc) is 3.83. The van der Waals surface area contributed by atoms with Gasteiger partial charge in [-0.15, -0.1) is 10.2 Å². The largest absolute Gasteiger partial charge is 0.459 e. The van der Waals surface area contributed by atoms with Crippen molar-refractivity contribution >= 4 is 23.2 Å². The molecule has 1 aliphatic rings. The van der Waals surface area contributed by atoms with E-state index in [1.165, 1.54) is 0 Å². The Hall–Kier alpha value is -5.75. The number of benzene rings is 3. The van der Waals surface area contributed by atoms with Crippen LogP contribution >= 0.6 is 0 Å². The summed E-state index contributed by atoms with van der Waals surface area (Å²) in [5.41, 5.74) is 10.6. The zero-order valence-corrected chi connectivity index (χ0v) is 32.7. The predicted octanol–water partition coefficient (Wildman–Crippen LogP) is 7.38. The van der Waals surface area contributed by atoms with Crippen LogP contribution in [0, 0.1) is 13.8 Å². The van der Waals surface area contributed by atoms with Crippen molar-refractivity contribution in [2.45, 2.75) is 72.2 Å². The molecule has 4 heterocycles. The predicted molar refractivity (Wildman–Crippen MR) is 219 cm³/mol. The number of nitrogens with one attached hydrogen (secondary N) is 2. The van der Waals surface area contributed by atoms with E-state index in [1.54, 1.807) is 12.3 Å². The van der Waals surface area contributed by atoms with Gasteiger partial charge in [-0.2, -0.15) is 0 Å². The van der Waals surface area contributed by atoms with E-state index in [0.717, 1.165) is 86.6 Å². The number of nitrogens with zero attached hydrogens (tertiary/aromatic N) is 5. The van der Waals surface area contributed by atoms with E-state index < -0.39 is 5.60 Å². The molecule has 1 fully saturated rings. The molecule has 1 atom stereocenters. The molecular weight excluding hydrogens is 703 g/mol. The summed E-state index contributed by atoms with van der Waals surface area (Å²) in [6.45, 7) is 12.5. The van der Waals surface area contributed by atoms with Gasteiger partial charge in [-0.25, -0.2) is 0 Å². The first-order valence-electron chi connectivity index (χ1n) is 19.2.